The number of carbonyl (C=O) groups is 2. The highest BCUT2D eigenvalue weighted by molar-refractivity contribution is 7.99. The molecule has 1 heterocycles. The van der Waals surface area contributed by atoms with Gasteiger partial charge in [-0.25, -0.2) is 0 Å². The largest absolute Gasteiger partial charge is 0.508 e. The number of ketones is 1. The number of nitrogens with one attached hydrogen (secondary N) is 1. The Kier molecular flexibility index (Phi) is 7.16. The minimum atomic E-state index is -0.345. The number of hydrogen-bond donors (Lipinski definition) is 2. The van der Waals surface area contributed by atoms with Gasteiger partial charge in [0, 0.05) is 11.3 Å². The Morgan fingerprint density at radius 2 is 1.55 bits per heavy atom. The average molecular weight is 459 g/mol. The summed E-state index contributed by atoms with van der Waals surface area (Å²) >= 11 is 1.25. The van der Waals surface area contributed by atoms with E-state index in [2.05, 4.69) is 15.5 Å². The Bertz CT molecular complexity index is 1230. The number of anilines is 1. The van der Waals surface area contributed by atoms with E-state index >= 15 is 0 Å². The van der Waals surface area contributed by atoms with Crippen molar-refractivity contribution in [1.82, 2.24) is 14.8 Å². The monoisotopic (exact) mass is 458 g/mol. The topological polar surface area (TPSA) is 97.1 Å². The van der Waals surface area contributed by atoms with Crippen molar-refractivity contribution in [2.75, 3.05) is 11.1 Å². The molecule has 0 unspecified atom stereocenters. The first-order valence-electron chi connectivity index (χ1n) is 10.3. The van der Waals surface area contributed by atoms with Gasteiger partial charge in [-0.1, -0.05) is 60.3 Å². The van der Waals surface area contributed by atoms with Crippen LogP contribution < -0.4 is 5.32 Å². The van der Waals surface area contributed by atoms with Crippen molar-refractivity contribution in [2.24, 2.45) is 0 Å². The van der Waals surface area contributed by atoms with Gasteiger partial charge in [0.15, 0.2) is 16.8 Å². The molecule has 4 rings (SSSR count). The minimum Gasteiger partial charge on any atom is -0.508 e. The predicted molar refractivity (Wildman–Crippen MR) is 128 cm³/mol. The van der Waals surface area contributed by atoms with E-state index in [1.54, 1.807) is 36.4 Å². The maximum atomic E-state index is 12.4. The standard InChI is InChI=1S/C25H22N4O3S/c30-21-13-11-19(12-14-21)24-27-28-25(29(24)16-18-7-3-1-4-8-18)33-17-22(31)15-23(32)26-20-9-5-2-6-10-20/h1-14,30H,15-17H2,(H,26,32). The number of aromatic hydroxyl groups is 1. The molecular formula is C25H22N4O3S. The Morgan fingerprint density at radius 1 is 0.879 bits per heavy atom. The second-order valence-electron chi connectivity index (χ2n) is 7.34. The Hall–Kier alpha value is -3.91. The van der Waals surface area contributed by atoms with Gasteiger partial charge in [0.2, 0.25) is 5.91 Å². The summed E-state index contributed by atoms with van der Waals surface area (Å²) in [7, 11) is 0. The predicted octanol–water partition coefficient (Wildman–Crippen LogP) is 4.39. The van der Waals surface area contributed by atoms with Gasteiger partial charge < -0.3 is 10.4 Å². The number of rotatable bonds is 9. The molecule has 3 aromatic carbocycles. The number of aromatic nitrogens is 3. The molecule has 33 heavy (non-hydrogen) atoms. The van der Waals surface area contributed by atoms with Crippen LogP contribution in [-0.2, 0) is 16.1 Å². The third-order valence-electron chi connectivity index (χ3n) is 4.80. The van der Waals surface area contributed by atoms with Crippen LogP contribution in [0.15, 0.2) is 90.1 Å². The zero-order chi connectivity index (χ0) is 23.0. The van der Waals surface area contributed by atoms with Crippen LogP contribution >= 0.6 is 11.8 Å². The maximum absolute atomic E-state index is 12.4. The molecule has 0 bridgehead atoms. The highest BCUT2D eigenvalue weighted by atomic mass is 32.2. The molecule has 0 radical (unpaired) electrons. The third kappa shape index (κ3) is 6.08. The number of Topliss-reactive ketones (excluding diaryl/α,β-unsaturated/α-hetero) is 1. The molecule has 0 spiro atoms. The number of amides is 1. The Balaban J connectivity index is 1.46. The van der Waals surface area contributed by atoms with Gasteiger partial charge in [-0.2, -0.15) is 0 Å². The van der Waals surface area contributed by atoms with Crippen molar-refractivity contribution in [3.05, 3.63) is 90.5 Å². The van der Waals surface area contributed by atoms with Crippen LogP contribution in [0.4, 0.5) is 5.69 Å². The summed E-state index contributed by atoms with van der Waals surface area (Å²) in [5.41, 5.74) is 2.52. The lowest BCUT2D eigenvalue weighted by Gasteiger charge is -2.10. The van der Waals surface area contributed by atoms with E-state index < -0.39 is 0 Å². The maximum Gasteiger partial charge on any atom is 0.231 e. The Morgan fingerprint density at radius 3 is 2.24 bits per heavy atom. The number of phenolic OH excluding ortho intramolecular Hbond substituents is 1. The van der Waals surface area contributed by atoms with E-state index in [9.17, 15) is 14.7 Å². The fraction of sp³-hybridized carbons (Fsp3) is 0.120. The van der Waals surface area contributed by atoms with Gasteiger partial charge in [0.25, 0.3) is 0 Å². The van der Waals surface area contributed by atoms with E-state index in [0.717, 1.165) is 11.1 Å². The molecule has 166 valence electrons. The molecule has 0 fully saturated rings. The van der Waals surface area contributed by atoms with Crippen molar-refractivity contribution in [3.63, 3.8) is 0 Å². The molecule has 1 aromatic heterocycles. The lowest BCUT2D eigenvalue weighted by Crippen LogP contribution is -2.17. The number of carbonyl (C=O) groups excluding carboxylic acids is 2. The van der Waals surface area contributed by atoms with Crippen molar-refractivity contribution in [3.8, 4) is 17.1 Å². The molecule has 4 aromatic rings. The fourth-order valence-electron chi connectivity index (χ4n) is 3.23. The second-order valence-corrected chi connectivity index (χ2v) is 8.29. The lowest BCUT2D eigenvalue weighted by atomic mass is 10.2. The van der Waals surface area contributed by atoms with E-state index in [1.807, 2.05) is 53.1 Å². The number of nitrogens with zero attached hydrogens (tertiary/aromatic N) is 3. The summed E-state index contributed by atoms with van der Waals surface area (Å²) in [6, 6.07) is 25.7. The molecule has 2 N–H and O–H groups in total. The molecule has 7 nitrogen and oxygen atoms in total. The van der Waals surface area contributed by atoms with Crippen LogP contribution in [0.2, 0.25) is 0 Å². The Labute approximate surface area is 195 Å². The van der Waals surface area contributed by atoms with Crippen LogP contribution in [0.5, 0.6) is 5.75 Å². The number of benzene rings is 3. The molecular weight excluding hydrogens is 436 g/mol. The van der Waals surface area contributed by atoms with Crippen molar-refractivity contribution >= 4 is 29.1 Å². The first kappa shape index (κ1) is 22.3. The van der Waals surface area contributed by atoms with Gasteiger partial charge in [-0.15, -0.1) is 10.2 Å². The lowest BCUT2D eigenvalue weighted by molar-refractivity contribution is -0.123. The summed E-state index contributed by atoms with van der Waals surface area (Å²) in [5, 5.41) is 21.5. The highest BCUT2D eigenvalue weighted by Gasteiger charge is 2.17. The molecule has 8 heteroatoms. The van der Waals surface area contributed by atoms with E-state index in [-0.39, 0.29) is 29.6 Å². The SMILES string of the molecule is O=C(CSc1nnc(-c2ccc(O)cc2)n1Cc1ccccc1)CC(=O)Nc1ccccc1. The molecule has 0 saturated heterocycles. The molecule has 0 aliphatic heterocycles. The molecule has 1 amide bonds. The smallest absolute Gasteiger partial charge is 0.231 e. The van der Waals surface area contributed by atoms with Crippen molar-refractivity contribution in [1.29, 1.82) is 0 Å². The van der Waals surface area contributed by atoms with Gasteiger partial charge in [-0.3, -0.25) is 14.2 Å². The zero-order valence-corrected chi connectivity index (χ0v) is 18.5. The van der Waals surface area contributed by atoms with Crippen LogP contribution in [0.1, 0.15) is 12.0 Å². The first-order valence-corrected chi connectivity index (χ1v) is 11.3. The fourth-order valence-corrected chi connectivity index (χ4v) is 4.03. The van der Waals surface area contributed by atoms with E-state index in [0.29, 0.717) is 23.2 Å². The van der Waals surface area contributed by atoms with Gasteiger partial charge in [-0.05, 0) is 42.0 Å². The molecule has 0 aliphatic carbocycles. The van der Waals surface area contributed by atoms with Crippen LogP contribution in [0.3, 0.4) is 0 Å². The number of hydrogen-bond acceptors (Lipinski definition) is 6. The highest BCUT2D eigenvalue weighted by Crippen LogP contribution is 2.26. The molecule has 0 saturated carbocycles. The number of thioether (sulfide) groups is 1. The normalized spacial score (nSPS) is 10.7. The van der Waals surface area contributed by atoms with Gasteiger partial charge in [0.05, 0.1) is 18.7 Å². The summed E-state index contributed by atoms with van der Waals surface area (Å²) in [6.07, 6.45) is -0.209. The average Bonchev–Trinajstić information content (AvgIpc) is 3.21. The zero-order valence-electron chi connectivity index (χ0n) is 17.7. The number of para-hydroxylation sites is 1. The summed E-state index contributed by atoms with van der Waals surface area (Å²) in [6.45, 7) is 0.523. The van der Waals surface area contributed by atoms with E-state index in [4.69, 9.17) is 0 Å². The minimum absolute atomic E-state index is 0.102. The van der Waals surface area contributed by atoms with Crippen molar-refractivity contribution < 1.29 is 14.7 Å². The summed E-state index contributed by atoms with van der Waals surface area (Å²) in [4.78, 5) is 24.6. The first-order chi connectivity index (χ1) is 16.1. The second kappa shape index (κ2) is 10.6. The van der Waals surface area contributed by atoms with Crippen molar-refractivity contribution in [2.45, 2.75) is 18.1 Å². The summed E-state index contributed by atoms with van der Waals surface area (Å²) < 4.78 is 1.93. The van der Waals surface area contributed by atoms with E-state index in [1.165, 1.54) is 11.8 Å². The van der Waals surface area contributed by atoms with Crippen LogP contribution in [0.25, 0.3) is 11.4 Å². The summed E-state index contributed by atoms with van der Waals surface area (Å²) in [5.74, 6) is 0.360. The third-order valence-corrected chi connectivity index (χ3v) is 5.83. The molecule has 0 atom stereocenters. The van der Waals surface area contributed by atoms with Crippen LogP contribution in [-0.4, -0.2) is 37.3 Å². The van der Waals surface area contributed by atoms with Crippen LogP contribution in [0, 0.1) is 0 Å². The quantitative estimate of drug-likeness (QED) is 0.285. The molecule has 0 aliphatic rings. The number of phenols is 1. The van der Waals surface area contributed by atoms with Gasteiger partial charge in [0.1, 0.15) is 5.75 Å². The van der Waals surface area contributed by atoms with Gasteiger partial charge >= 0.3 is 0 Å².